The van der Waals surface area contributed by atoms with E-state index in [1.54, 1.807) is 66.7 Å². The molecule has 0 heterocycles. The molecule has 2 amide bonds. The number of carbonyl (C=O) groups is 2. The predicted molar refractivity (Wildman–Crippen MR) is 167 cm³/mol. The Hall–Kier alpha value is -3.87. The van der Waals surface area contributed by atoms with Gasteiger partial charge < -0.3 is 4.90 Å². The lowest BCUT2D eigenvalue weighted by Crippen LogP contribution is -2.40. The summed E-state index contributed by atoms with van der Waals surface area (Å²) in [4.78, 5) is 40.2. The summed E-state index contributed by atoms with van der Waals surface area (Å²) in [6, 6.07) is 24.0. The van der Waals surface area contributed by atoms with Crippen LogP contribution in [0, 0.1) is 17.0 Å². The molecule has 0 fully saturated rings. The molecule has 0 aliphatic carbocycles. The summed E-state index contributed by atoms with van der Waals surface area (Å²) in [5.41, 5.74) is 1.56. The average Bonchev–Trinajstić information content (AvgIpc) is 2.96. The second-order valence-electron chi connectivity index (χ2n) is 9.42. The maximum atomic E-state index is 14.1. The van der Waals surface area contributed by atoms with Crippen molar-refractivity contribution < 1.29 is 22.9 Å². The Morgan fingerprint density at radius 1 is 0.881 bits per heavy atom. The van der Waals surface area contributed by atoms with Gasteiger partial charge in [-0.05, 0) is 55.0 Å². The van der Waals surface area contributed by atoms with Crippen molar-refractivity contribution in [3.05, 3.63) is 133 Å². The number of nitro benzene ring substituents is 1. The van der Waals surface area contributed by atoms with Crippen molar-refractivity contribution in [3.8, 4) is 0 Å². The van der Waals surface area contributed by atoms with Crippen LogP contribution in [0.25, 0.3) is 0 Å². The number of benzene rings is 4. The summed E-state index contributed by atoms with van der Waals surface area (Å²) in [5, 5.41) is 11.7. The topological polar surface area (TPSA) is 118 Å². The molecular formula is C30H25Br2N3O6S. The van der Waals surface area contributed by atoms with E-state index in [9.17, 15) is 28.1 Å². The van der Waals surface area contributed by atoms with Gasteiger partial charge in [-0.1, -0.05) is 79.9 Å². The molecular weight excluding hydrogens is 690 g/mol. The van der Waals surface area contributed by atoms with Crippen molar-refractivity contribution in [2.75, 3.05) is 11.9 Å². The van der Waals surface area contributed by atoms with E-state index < -0.39 is 39.2 Å². The molecule has 0 radical (unpaired) electrons. The van der Waals surface area contributed by atoms with Gasteiger partial charge in [0.1, 0.15) is 0 Å². The molecule has 0 spiro atoms. The molecule has 1 atom stereocenters. The average molecular weight is 715 g/mol. The maximum Gasteiger partial charge on any atom is 0.269 e. The molecule has 4 aromatic carbocycles. The molecule has 4 rings (SSSR count). The molecule has 0 bridgehead atoms. The SMILES string of the molecule is Cc1ccc(S(=O)(=O)N(C)C(=O)C[C@H](c2cccc([N+](=O)[O-])c2)N(C(=O)c2ccccc2)c2cc(Br)cc(Br)c2)cc1. The van der Waals surface area contributed by atoms with Crippen LogP contribution in [0.5, 0.6) is 0 Å². The molecule has 0 N–H and O–H groups in total. The zero-order valence-electron chi connectivity index (χ0n) is 22.5. The van der Waals surface area contributed by atoms with E-state index in [0.29, 0.717) is 24.5 Å². The normalized spacial score (nSPS) is 11.9. The first-order chi connectivity index (χ1) is 19.9. The zero-order valence-corrected chi connectivity index (χ0v) is 26.5. The Morgan fingerprint density at radius 2 is 1.50 bits per heavy atom. The molecule has 216 valence electrons. The van der Waals surface area contributed by atoms with Gasteiger partial charge >= 0.3 is 0 Å². The van der Waals surface area contributed by atoms with Crippen LogP contribution < -0.4 is 4.90 Å². The Labute approximate surface area is 260 Å². The van der Waals surface area contributed by atoms with Crippen LogP contribution in [0.15, 0.2) is 111 Å². The Bertz CT molecular complexity index is 1730. The fourth-order valence-electron chi connectivity index (χ4n) is 4.34. The second kappa shape index (κ2) is 13.0. The first-order valence-corrected chi connectivity index (χ1v) is 15.6. The van der Waals surface area contributed by atoms with Crippen molar-refractivity contribution in [1.29, 1.82) is 0 Å². The molecule has 0 saturated heterocycles. The van der Waals surface area contributed by atoms with Crippen molar-refractivity contribution in [3.63, 3.8) is 0 Å². The number of rotatable bonds is 9. The van der Waals surface area contributed by atoms with Gasteiger partial charge in [-0.3, -0.25) is 19.7 Å². The van der Waals surface area contributed by atoms with E-state index in [1.807, 2.05) is 6.92 Å². The monoisotopic (exact) mass is 713 g/mol. The zero-order chi connectivity index (χ0) is 30.6. The highest BCUT2D eigenvalue weighted by Crippen LogP contribution is 2.37. The Kier molecular flexibility index (Phi) is 9.60. The summed E-state index contributed by atoms with van der Waals surface area (Å²) < 4.78 is 28.6. The van der Waals surface area contributed by atoms with E-state index in [1.165, 1.54) is 35.2 Å². The van der Waals surface area contributed by atoms with Crippen molar-refractivity contribution in [1.82, 2.24) is 4.31 Å². The number of nitro groups is 1. The van der Waals surface area contributed by atoms with Gasteiger partial charge in [-0.25, -0.2) is 12.7 Å². The van der Waals surface area contributed by atoms with Crippen LogP contribution in [-0.2, 0) is 14.8 Å². The van der Waals surface area contributed by atoms with Gasteiger partial charge in [0, 0.05) is 39.4 Å². The van der Waals surface area contributed by atoms with E-state index in [2.05, 4.69) is 31.9 Å². The first-order valence-electron chi connectivity index (χ1n) is 12.6. The van der Waals surface area contributed by atoms with Crippen LogP contribution in [0.3, 0.4) is 0 Å². The highest BCUT2D eigenvalue weighted by atomic mass is 79.9. The first kappa shape index (κ1) is 31.1. The molecule has 0 unspecified atom stereocenters. The molecule has 42 heavy (non-hydrogen) atoms. The van der Waals surface area contributed by atoms with Gasteiger partial charge in [0.25, 0.3) is 21.6 Å². The van der Waals surface area contributed by atoms with E-state index in [0.717, 1.165) is 12.6 Å². The minimum absolute atomic E-state index is 0.0658. The molecule has 0 aliphatic heterocycles. The fraction of sp³-hybridized carbons (Fsp3) is 0.133. The fourth-order valence-corrected chi connectivity index (χ4v) is 6.75. The maximum absolute atomic E-state index is 14.1. The number of halogens is 2. The summed E-state index contributed by atoms with van der Waals surface area (Å²) in [5.74, 6) is -1.30. The highest BCUT2D eigenvalue weighted by molar-refractivity contribution is 9.11. The van der Waals surface area contributed by atoms with E-state index in [-0.39, 0.29) is 16.1 Å². The van der Waals surface area contributed by atoms with Crippen molar-refractivity contribution in [2.45, 2.75) is 24.3 Å². The molecule has 0 aromatic heterocycles. The molecule has 4 aromatic rings. The van der Waals surface area contributed by atoms with Gasteiger partial charge in [-0.2, -0.15) is 0 Å². The molecule has 0 aliphatic rings. The number of aryl methyl sites for hydroxylation is 1. The molecule has 12 heteroatoms. The van der Waals surface area contributed by atoms with Crippen LogP contribution in [-0.4, -0.2) is 36.5 Å². The lowest BCUT2D eigenvalue weighted by molar-refractivity contribution is -0.384. The van der Waals surface area contributed by atoms with Crippen LogP contribution in [0.1, 0.15) is 33.9 Å². The van der Waals surface area contributed by atoms with Crippen LogP contribution >= 0.6 is 31.9 Å². The quantitative estimate of drug-likeness (QED) is 0.135. The predicted octanol–water partition coefficient (Wildman–Crippen LogP) is 7.05. The molecule has 9 nitrogen and oxygen atoms in total. The summed E-state index contributed by atoms with van der Waals surface area (Å²) in [6.45, 7) is 1.81. The number of non-ortho nitro benzene ring substituents is 1. The lowest BCUT2D eigenvalue weighted by Gasteiger charge is -2.33. The van der Waals surface area contributed by atoms with E-state index in [4.69, 9.17) is 0 Å². The number of hydrogen-bond acceptors (Lipinski definition) is 6. The van der Waals surface area contributed by atoms with Gasteiger partial charge in [0.05, 0.1) is 22.3 Å². The number of anilines is 1. The summed E-state index contributed by atoms with van der Waals surface area (Å²) in [6.07, 6.45) is -0.495. The van der Waals surface area contributed by atoms with Gasteiger partial charge in [0.15, 0.2) is 0 Å². The summed E-state index contributed by atoms with van der Waals surface area (Å²) in [7, 11) is -3.07. The number of hydrogen-bond donors (Lipinski definition) is 0. The van der Waals surface area contributed by atoms with Gasteiger partial charge in [-0.15, -0.1) is 0 Å². The number of amides is 2. The third-order valence-corrected chi connectivity index (χ3v) is 9.25. The second-order valence-corrected chi connectivity index (χ2v) is 13.2. The minimum atomic E-state index is -4.22. The standard InChI is InChI=1S/C30H25Br2N3O6S/c1-20-11-13-27(14-12-20)42(40,41)33(2)29(36)19-28(22-9-6-10-25(15-22)35(38)39)34(26-17-23(31)16-24(32)18-26)30(37)21-7-4-3-5-8-21/h3-18,28H,19H2,1-2H3/t28-/m1/s1. The van der Waals surface area contributed by atoms with Crippen molar-refractivity contribution >= 4 is 65.1 Å². The van der Waals surface area contributed by atoms with Gasteiger partial charge in [0.2, 0.25) is 5.91 Å². The highest BCUT2D eigenvalue weighted by Gasteiger charge is 2.34. The van der Waals surface area contributed by atoms with E-state index >= 15 is 0 Å². The number of sulfonamides is 1. The largest absolute Gasteiger partial charge is 0.300 e. The van der Waals surface area contributed by atoms with Crippen LogP contribution in [0.4, 0.5) is 11.4 Å². The summed E-state index contributed by atoms with van der Waals surface area (Å²) >= 11 is 6.88. The van der Waals surface area contributed by atoms with Crippen LogP contribution in [0.2, 0.25) is 0 Å². The third-order valence-electron chi connectivity index (χ3n) is 6.54. The minimum Gasteiger partial charge on any atom is -0.300 e. The molecule has 0 saturated carbocycles. The lowest BCUT2D eigenvalue weighted by atomic mass is 9.98. The Morgan fingerprint density at radius 3 is 2.10 bits per heavy atom. The smallest absolute Gasteiger partial charge is 0.269 e. The Balaban J connectivity index is 1.87. The third kappa shape index (κ3) is 6.94. The number of nitrogens with zero attached hydrogens (tertiary/aromatic N) is 3. The number of carbonyl (C=O) groups excluding carboxylic acids is 2. The van der Waals surface area contributed by atoms with Crippen molar-refractivity contribution in [2.24, 2.45) is 0 Å².